The van der Waals surface area contributed by atoms with Gasteiger partial charge in [-0.1, -0.05) is 12.8 Å². The molecule has 0 saturated heterocycles. The summed E-state index contributed by atoms with van der Waals surface area (Å²) >= 11 is 0. The van der Waals surface area contributed by atoms with Crippen LogP contribution in [0.4, 0.5) is 0 Å². The van der Waals surface area contributed by atoms with Crippen LogP contribution in [-0.4, -0.2) is 22.9 Å². The average Bonchev–Trinajstić information content (AvgIpc) is 2.35. The Morgan fingerprint density at radius 3 is 2.10 bits per heavy atom. The van der Waals surface area contributed by atoms with Crippen LogP contribution in [0, 0.1) is 5.41 Å². The third-order valence-electron chi connectivity index (χ3n) is 2.80. The molecule has 10 heavy (non-hydrogen) atoms. The molecule has 0 spiro atoms. The van der Waals surface area contributed by atoms with E-state index in [1.54, 1.807) is 6.92 Å². The lowest BCUT2D eigenvalue weighted by atomic mass is 9.82. The summed E-state index contributed by atoms with van der Waals surface area (Å²) in [6, 6.07) is 0. The molecule has 2 heteroatoms. The molecule has 1 aliphatic carbocycles. The van der Waals surface area contributed by atoms with Crippen LogP contribution in [0.25, 0.3) is 0 Å². The van der Waals surface area contributed by atoms with Crippen molar-refractivity contribution >= 4 is 0 Å². The summed E-state index contributed by atoms with van der Waals surface area (Å²) in [6.45, 7) is 1.92. The van der Waals surface area contributed by atoms with Crippen molar-refractivity contribution < 1.29 is 10.2 Å². The number of aliphatic hydroxyl groups is 2. The molecule has 0 heterocycles. The smallest absolute Gasteiger partial charge is 0.0590 e. The van der Waals surface area contributed by atoms with E-state index in [-0.39, 0.29) is 18.1 Å². The number of aliphatic hydroxyl groups excluding tert-OH is 2. The van der Waals surface area contributed by atoms with Crippen LogP contribution in [-0.2, 0) is 0 Å². The molecule has 1 atom stereocenters. The second kappa shape index (κ2) is 2.89. The Labute approximate surface area is 61.9 Å². The van der Waals surface area contributed by atoms with Crippen LogP contribution >= 0.6 is 0 Å². The fourth-order valence-corrected chi connectivity index (χ4v) is 1.79. The van der Waals surface area contributed by atoms with E-state index in [1.165, 1.54) is 0 Å². The first kappa shape index (κ1) is 8.02. The van der Waals surface area contributed by atoms with Crippen LogP contribution in [0.5, 0.6) is 0 Å². The molecule has 2 nitrogen and oxygen atoms in total. The molecule has 0 aromatic carbocycles. The summed E-state index contributed by atoms with van der Waals surface area (Å²) in [6.07, 6.45) is 3.94. The van der Waals surface area contributed by atoms with Gasteiger partial charge < -0.3 is 10.2 Å². The van der Waals surface area contributed by atoms with Crippen LogP contribution in [0.1, 0.15) is 32.6 Å². The molecule has 1 fully saturated rings. The number of rotatable bonds is 2. The lowest BCUT2D eigenvalue weighted by molar-refractivity contribution is -0.00180. The molecule has 0 aliphatic heterocycles. The molecule has 60 valence electrons. The van der Waals surface area contributed by atoms with Gasteiger partial charge in [-0.2, -0.15) is 0 Å². The predicted octanol–water partition coefficient (Wildman–Crippen LogP) is 0.920. The Balaban J connectivity index is 2.58. The highest BCUT2D eigenvalue weighted by Crippen LogP contribution is 2.40. The van der Waals surface area contributed by atoms with Gasteiger partial charge in [0.05, 0.1) is 12.7 Å². The summed E-state index contributed by atoms with van der Waals surface area (Å²) in [5, 5.41) is 18.4. The van der Waals surface area contributed by atoms with Gasteiger partial charge in [-0.15, -0.1) is 0 Å². The fourth-order valence-electron chi connectivity index (χ4n) is 1.79. The second-order valence-electron chi connectivity index (χ2n) is 3.40. The third kappa shape index (κ3) is 1.18. The monoisotopic (exact) mass is 144 g/mol. The predicted molar refractivity (Wildman–Crippen MR) is 39.7 cm³/mol. The molecule has 1 saturated carbocycles. The zero-order valence-electron chi connectivity index (χ0n) is 6.51. The Bertz CT molecular complexity index is 104. The quantitative estimate of drug-likeness (QED) is 0.605. The van der Waals surface area contributed by atoms with Gasteiger partial charge in [0.25, 0.3) is 0 Å². The molecule has 0 amide bonds. The van der Waals surface area contributed by atoms with E-state index in [2.05, 4.69) is 0 Å². The van der Waals surface area contributed by atoms with Crippen molar-refractivity contribution in [3.63, 3.8) is 0 Å². The van der Waals surface area contributed by atoms with E-state index in [0.717, 1.165) is 25.7 Å². The van der Waals surface area contributed by atoms with Gasteiger partial charge in [-0.3, -0.25) is 0 Å². The fraction of sp³-hybridized carbons (Fsp3) is 1.00. The SMILES string of the molecule is C[C@@H](O)C1(CO)CCCC1. The summed E-state index contributed by atoms with van der Waals surface area (Å²) in [5.41, 5.74) is -0.153. The molecule has 0 aromatic heterocycles. The highest BCUT2D eigenvalue weighted by Gasteiger charge is 2.37. The maximum Gasteiger partial charge on any atom is 0.0590 e. The Kier molecular flexibility index (Phi) is 2.32. The first-order valence-electron chi connectivity index (χ1n) is 4.00. The van der Waals surface area contributed by atoms with E-state index in [9.17, 15) is 5.11 Å². The zero-order chi connectivity index (χ0) is 7.61. The molecule has 1 aliphatic rings. The van der Waals surface area contributed by atoms with Crippen LogP contribution in [0.3, 0.4) is 0 Å². The van der Waals surface area contributed by atoms with E-state index in [4.69, 9.17) is 5.11 Å². The Morgan fingerprint density at radius 2 is 1.90 bits per heavy atom. The summed E-state index contributed by atoms with van der Waals surface area (Å²) in [7, 11) is 0. The maximum atomic E-state index is 9.34. The molecular weight excluding hydrogens is 128 g/mol. The highest BCUT2D eigenvalue weighted by molar-refractivity contribution is 4.88. The van der Waals surface area contributed by atoms with E-state index < -0.39 is 0 Å². The zero-order valence-corrected chi connectivity index (χ0v) is 6.51. The van der Waals surface area contributed by atoms with Crippen LogP contribution in [0.15, 0.2) is 0 Å². The molecule has 0 aromatic rings. The number of hydrogen-bond donors (Lipinski definition) is 2. The normalized spacial score (nSPS) is 26.7. The van der Waals surface area contributed by atoms with Crippen LogP contribution < -0.4 is 0 Å². The van der Waals surface area contributed by atoms with Crippen molar-refractivity contribution in [1.82, 2.24) is 0 Å². The maximum absolute atomic E-state index is 9.34. The highest BCUT2D eigenvalue weighted by atomic mass is 16.3. The molecule has 0 bridgehead atoms. The molecule has 1 rings (SSSR count). The molecule has 0 unspecified atom stereocenters. The van der Waals surface area contributed by atoms with Gasteiger partial charge in [0, 0.05) is 5.41 Å². The third-order valence-corrected chi connectivity index (χ3v) is 2.80. The van der Waals surface area contributed by atoms with Gasteiger partial charge >= 0.3 is 0 Å². The first-order valence-corrected chi connectivity index (χ1v) is 4.00. The minimum absolute atomic E-state index is 0.144. The van der Waals surface area contributed by atoms with E-state index >= 15 is 0 Å². The van der Waals surface area contributed by atoms with E-state index in [0.29, 0.717) is 0 Å². The largest absolute Gasteiger partial charge is 0.396 e. The Morgan fingerprint density at radius 1 is 1.40 bits per heavy atom. The van der Waals surface area contributed by atoms with Gasteiger partial charge in [-0.05, 0) is 19.8 Å². The second-order valence-corrected chi connectivity index (χ2v) is 3.40. The van der Waals surface area contributed by atoms with Crippen molar-refractivity contribution in [2.75, 3.05) is 6.61 Å². The topological polar surface area (TPSA) is 40.5 Å². The molecular formula is C8H16O2. The van der Waals surface area contributed by atoms with Crippen molar-refractivity contribution in [2.45, 2.75) is 38.7 Å². The van der Waals surface area contributed by atoms with Gasteiger partial charge in [0.1, 0.15) is 0 Å². The first-order chi connectivity index (χ1) is 4.71. The molecule has 2 N–H and O–H groups in total. The average molecular weight is 144 g/mol. The van der Waals surface area contributed by atoms with Crippen molar-refractivity contribution in [3.8, 4) is 0 Å². The van der Waals surface area contributed by atoms with E-state index in [1.807, 2.05) is 0 Å². The Hall–Kier alpha value is -0.0800. The lowest BCUT2D eigenvalue weighted by Crippen LogP contribution is -2.33. The van der Waals surface area contributed by atoms with Crippen LogP contribution in [0.2, 0.25) is 0 Å². The van der Waals surface area contributed by atoms with Gasteiger partial charge in [0.2, 0.25) is 0 Å². The molecule has 0 radical (unpaired) electrons. The summed E-state index contributed by atoms with van der Waals surface area (Å²) < 4.78 is 0. The minimum atomic E-state index is -0.347. The van der Waals surface area contributed by atoms with Crippen molar-refractivity contribution in [1.29, 1.82) is 0 Å². The van der Waals surface area contributed by atoms with Gasteiger partial charge in [-0.25, -0.2) is 0 Å². The summed E-state index contributed by atoms with van der Waals surface area (Å²) in [4.78, 5) is 0. The minimum Gasteiger partial charge on any atom is -0.396 e. The summed E-state index contributed by atoms with van der Waals surface area (Å²) in [5.74, 6) is 0. The lowest BCUT2D eigenvalue weighted by Gasteiger charge is -2.29. The standard InChI is InChI=1S/C8H16O2/c1-7(10)8(6-9)4-2-3-5-8/h7,9-10H,2-6H2,1H3/t7-/m1/s1. The van der Waals surface area contributed by atoms with Crippen molar-refractivity contribution in [2.24, 2.45) is 5.41 Å². The van der Waals surface area contributed by atoms with Crippen molar-refractivity contribution in [3.05, 3.63) is 0 Å². The number of hydrogen-bond acceptors (Lipinski definition) is 2. The van der Waals surface area contributed by atoms with Gasteiger partial charge in [0.15, 0.2) is 0 Å².